The third-order valence-electron chi connectivity index (χ3n) is 6.11. The van der Waals surface area contributed by atoms with Crippen LogP contribution in [0.5, 0.6) is 0 Å². The van der Waals surface area contributed by atoms with Gasteiger partial charge in [0, 0.05) is 12.6 Å². The lowest BCUT2D eigenvalue weighted by Gasteiger charge is -2.31. The van der Waals surface area contributed by atoms with Crippen LogP contribution >= 0.6 is 0 Å². The summed E-state index contributed by atoms with van der Waals surface area (Å²) in [6.45, 7) is 3.21. The summed E-state index contributed by atoms with van der Waals surface area (Å²) in [4.78, 5) is 12.4. The molecule has 0 aliphatic heterocycles. The molecule has 6 atom stereocenters. The summed E-state index contributed by atoms with van der Waals surface area (Å²) < 4.78 is 0. The molecule has 3 aliphatic carbocycles. The van der Waals surface area contributed by atoms with Gasteiger partial charge in [0.1, 0.15) is 0 Å². The molecule has 3 nitrogen and oxygen atoms in total. The van der Waals surface area contributed by atoms with Crippen molar-refractivity contribution >= 4 is 5.91 Å². The number of rotatable bonds is 3. The van der Waals surface area contributed by atoms with Crippen LogP contribution in [0, 0.1) is 29.6 Å². The molecule has 3 heteroatoms. The number of nitrogens with two attached hydrogens (primary N) is 1. The van der Waals surface area contributed by atoms with Crippen LogP contribution in [0.2, 0.25) is 0 Å². The summed E-state index contributed by atoms with van der Waals surface area (Å²) in [5.74, 6) is 3.00. The van der Waals surface area contributed by atoms with E-state index in [9.17, 15) is 4.79 Å². The molecule has 0 radical (unpaired) electrons. The van der Waals surface area contributed by atoms with Gasteiger partial charge in [0.15, 0.2) is 0 Å². The molecule has 1 amide bonds. The molecule has 3 fully saturated rings. The lowest BCUT2D eigenvalue weighted by atomic mass is 9.80. The highest BCUT2D eigenvalue weighted by molar-refractivity contribution is 5.80. The van der Waals surface area contributed by atoms with Crippen LogP contribution in [0.15, 0.2) is 0 Å². The summed E-state index contributed by atoms with van der Waals surface area (Å²) in [5.41, 5.74) is 6.24. The molecule has 2 bridgehead atoms. The molecule has 0 aromatic heterocycles. The summed E-state index contributed by atoms with van der Waals surface area (Å²) in [6, 6.07) is 0.127. The molecular formula is C16H28N2O. The van der Waals surface area contributed by atoms with Gasteiger partial charge in [-0.05, 0) is 49.4 Å². The van der Waals surface area contributed by atoms with E-state index < -0.39 is 0 Å². The van der Waals surface area contributed by atoms with Crippen molar-refractivity contribution in [3.05, 3.63) is 0 Å². The zero-order valence-corrected chi connectivity index (χ0v) is 12.1. The smallest absolute Gasteiger partial charge is 0.224 e. The standard InChI is InChI=1S/C16H28N2O/c1-10-4-2-3-5-13(10)9-18-16(19)14-11-6-7-12(8-11)15(14)17/h10-15H,2-9,17H2,1H3,(H,18,19)/t10-,11+,12+,13-,14-,15-/m1/s1. The first-order valence-corrected chi connectivity index (χ1v) is 8.20. The second-order valence-electron chi connectivity index (χ2n) is 7.20. The van der Waals surface area contributed by atoms with Crippen LogP contribution < -0.4 is 11.1 Å². The number of carbonyl (C=O) groups is 1. The second kappa shape index (κ2) is 5.43. The Kier molecular flexibility index (Phi) is 3.84. The van der Waals surface area contributed by atoms with Crippen LogP contribution in [-0.2, 0) is 4.79 Å². The maximum Gasteiger partial charge on any atom is 0.224 e. The number of nitrogens with one attached hydrogen (secondary N) is 1. The van der Waals surface area contributed by atoms with Crippen LogP contribution in [0.1, 0.15) is 51.9 Å². The fraction of sp³-hybridized carbons (Fsp3) is 0.938. The SMILES string of the molecule is C[C@@H]1CCCC[C@@H]1CNC(=O)[C@@H]1[C@H]2CC[C@@H](C2)[C@H]1N. The van der Waals surface area contributed by atoms with Crippen molar-refractivity contribution in [1.29, 1.82) is 0 Å². The van der Waals surface area contributed by atoms with Gasteiger partial charge < -0.3 is 11.1 Å². The van der Waals surface area contributed by atoms with E-state index in [2.05, 4.69) is 12.2 Å². The van der Waals surface area contributed by atoms with E-state index >= 15 is 0 Å². The normalized spacial score (nSPS) is 45.4. The van der Waals surface area contributed by atoms with E-state index in [0.29, 0.717) is 17.8 Å². The minimum absolute atomic E-state index is 0.109. The van der Waals surface area contributed by atoms with E-state index in [1.165, 1.54) is 44.9 Å². The molecule has 3 N–H and O–H groups in total. The average Bonchev–Trinajstić information content (AvgIpc) is 2.98. The molecule has 0 aromatic carbocycles. The fourth-order valence-corrected chi connectivity index (χ4v) is 4.77. The highest BCUT2D eigenvalue weighted by Crippen LogP contribution is 2.47. The lowest BCUT2D eigenvalue weighted by molar-refractivity contribution is -0.127. The number of fused-ring (bicyclic) bond motifs is 2. The zero-order chi connectivity index (χ0) is 13.4. The predicted molar refractivity (Wildman–Crippen MR) is 76.4 cm³/mol. The van der Waals surface area contributed by atoms with Gasteiger partial charge in [-0.25, -0.2) is 0 Å². The predicted octanol–water partition coefficient (Wildman–Crippen LogP) is 2.30. The highest BCUT2D eigenvalue weighted by atomic mass is 16.1. The lowest BCUT2D eigenvalue weighted by Crippen LogP contribution is -2.46. The van der Waals surface area contributed by atoms with Crippen LogP contribution in [-0.4, -0.2) is 18.5 Å². The Bertz CT molecular complexity index is 342. The first-order chi connectivity index (χ1) is 9.16. The van der Waals surface area contributed by atoms with Crippen LogP contribution in [0.25, 0.3) is 0 Å². The maximum absolute atomic E-state index is 12.4. The third-order valence-corrected chi connectivity index (χ3v) is 6.11. The van der Waals surface area contributed by atoms with Gasteiger partial charge in [-0.15, -0.1) is 0 Å². The van der Waals surface area contributed by atoms with E-state index in [-0.39, 0.29) is 17.9 Å². The number of carbonyl (C=O) groups excluding carboxylic acids is 1. The summed E-state index contributed by atoms with van der Waals surface area (Å²) in [7, 11) is 0. The fourth-order valence-electron chi connectivity index (χ4n) is 4.77. The zero-order valence-electron chi connectivity index (χ0n) is 12.1. The van der Waals surface area contributed by atoms with Crippen molar-refractivity contribution in [2.45, 2.75) is 57.9 Å². The summed E-state index contributed by atoms with van der Waals surface area (Å²) in [6.07, 6.45) is 8.96. The highest BCUT2D eigenvalue weighted by Gasteiger charge is 2.49. The van der Waals surface area contributed by atoms with E-state index in [1.807, 2.05) is 0 Å². The number of hydrogen-bond acceptors (Lipinski definition) is 2. The second-order valence-corrected chi connectivity index (χ2v) is 7.20. The Balaban J connectivity index is 1.51. The van der Waals surface area contributed by atoms with E-state index in [0.717, 1.165) is 12.5 Å². The molecule has 0 aromatic rings. The first kappa shape index (κ1) is 13.4. The van der Waals surface area contributed by atoms with Crippen LogP contribution in [0.4, 0.5) is 0 Å². The molecule has 108 valence electrons. The van der Waals surface area contributed by atoms with Gasteiger partial charge in [0.2, 0.25) is 5.91 Å². The maximum atomic E-state index is 12.4. The molecule has 3 saturated carbocycles. The van der Waals surface area contributed by atoms with Gasteiger partial charge in [-0.2, -0.15) is 0 Å². The van der Waals surface area contributed by atoms with Crippen molar-refractivity contribution in [2.75, 3.05) is 6.54 Å². The minimum atomic E-state index is 0.109. The van der Waals surface area contributed by atoms with Crippen molar-refractivity contribution in [2.24, 2.45) is 35.3 Å². The molecular weight excluding hydrogens is 236 g/mol. The average molecular weight is 264 g/mol. The van der Waals surface area contributed by atoms with Gasteiger partial charge in [-0.1, -0.05) is 26.2 Å². The van der Waals surface area contributed by atoms with Crippen molar-refractivity contribution < 1.29 is 4.79 Å². The monoisotopic (exact) mass is 264 g/mol. The van der Waals surface area contributed by atoms with Crippen molar-refractivity contribution in [1.82, 2.24) is 5.32 Å². The Morgan fingerprint density at radius 3 is 2.58 bits per heavy atom. The van der Waals surface area contributed by atoms with Gasteiger partial charge in [0.05, 0.1) is 5.92 Å². The third kappa shape index (κ3) is 2.54. The number of amides is 1. The minimum Gasteiger partial charge on any atom is -0.356 e. The molecule has 0 spiro atoms. The Morgan fingerprint density at radius 2 is 1.89 bits per heavy atom. The molecule has 0 heterocycles. The Hall–Kier alpha value is -0.570. The summed E-state index contributed by atoms with van der Waals surface area (Å²) >= 11 is 0. The number of hydrogen-bond donors (Lipinski definition) is 2. The molecule has 3 aliphatic rings. The topological polar surface area (TPSA) is 55.1 Å². The van der Waals surface area contributed by atoms with Crippen molar-refractivity contribution in [3.63, 3.8) is 0 Å². The quantitative estimate of drug-likeness (QED) is 0.822. The van der Waals surface area contributed by atoms with Crippen LogP contribution in [0.3, 0.4) is 0 Å². The van der Waals surface area contributed by atoms with E-state index in [4.69, 9.17) is 5.73 Å². The molecule has 19 heavy (non-hydrogen) atoms. The van der Waals surface area contributed by atoms with Crippen molar-refractivity contribution in [3.8, 4) is 0 Å². The van der Waals surface area contributed by atoms with Gasteiger partial charge in [0.25, 0.3) is 0 Å². The Labute approximate surface area is 116 Å². The molecule has 3 rings (SSSR count). The molecule has 0 unspecified atom stereocenters. The summed E-state index contributed by atoms with van der Waals surface area (Å²) in [5, 5.41) is 3.22. The first-order valence-electron chi connectivity index (χ1n) is 8.20. The molecule has 0 saturated heterocycles. The van der Waals surface area contributed by atoms with E-state index in [1.54, 1.807) is 0 Å². The van der Waals surface area contributed by atoms with Gasteiger partial charge >= 0.3 is 0 Å². The largest absolute Gasteiger partial charge is 0.356 e. The Morgan fingerprint density at radius 1 is 1.16 bits per heavy atom. The van der Waals surface area contributed by atoms with Gasteiger partial charge in [-0.3, -0.25) is 4.79 Å².